The van der Waals surface area contributed by atoms with Crippen LogP contribution in [0.5, 0.6) is 0 Å². The summed E-state index contributed by atoms with van der Waals surface area (Å²) in [4.78, 5) is 24.0. The number of carbonyl (C=O) groups excluding carboxylic acids is 1. The highest BCUT2D eigenvalue weighted by Gasteiger charge is 2.18. The first-order valence-electron chi connectivity index (χ1n) is 10.0. The number of piperidine rings is 1. The molecule has 0 aliphatic carbocycles. The van der Waals surface area contributed by atoms with Crippen LogP contribution in [0.4, 0.5) is 5.13 Å². The predicted octanol–water partition coefficient (Wildman–Crippen LogP) is 4.52. The van der Waals surface area contributed by atoms with Crippen LogP contribution < -0.4 is 5.32 Å². The van der Waals surface area contributed by atoms with Crippen molar-refractivity contribution in [1.82, 2.24) is 14.9 Å². The summed E-state index contributed by atoms with van der Waals surface area (Å²) in [6.45, 7) is 7.23. The lowest BCUT2D eigenvalue weighted by atomic mass is 10.0. The first-order valence-corrected chi connectivity index (χ1v) is 10.9. The number of carbonyl (C=O) groups is 1. The van der Waals surface area contributed by atoms with Crippen LogP contribution in [-0.2, 0) is 17.8 Å². The maximum Gasteiger partial charge on any atom is 0.232 e. The van der Waals surface area contributed by atoms with Gasteiger partial charge in [-0.2, -0.15) is 0 Å². The minimum atomic E-state index is -0.131. The Bertz CT molecular complexity index is 966. The van der Waals surface area contributed by atoms with Gasteiger partial charge in [-0.15, -0.1) is 11.3 Å². The number of rotatable bonds is 6. The highest BCUT2D eigenvalue weighted by molar-refractivity contribution is 7.13. The highest BCUT2D eigenvalue weighted by Crippen LogP contribution is 2.23. The molecule has 3 aromatic rings. The van der Waals surface area contributed by atoms with E-state index in [2.05, 4.69) is 27.1 Å². The Labute approximate surface area is 175 Å². The number of aryl methyl sites for hydroxylation is 1. The van der Waals surface area contributed by atoms with E-state index in [1.165, 1.54) is 24.2 Å². The summed E-state index contributed by atoms with van der Waals surface area (Å²) in [7, 11) is 0. The van der Waals surface area contributed by atoms with Gasteiger partial charge in [0.2, 0.25) is 11.8 Å². The second-order valence-corrected chi connectivity index (χ2v) is 8.60. The topological polar surface area (TPSA) is 71.3 Å². The molecule has 1 amide bonds. The number of oxazole rings is 1. The Hall–Kier alpha value is -2.51. The molecule has 1 saturated heterocycles. The van der Waals surface area contributed by atoms with Gasteiger partial charge in [0, 0.05) is 24.0 Å². The van der Waals surface area contributed by atoms with Gasteiger partial charge in [-0.25, -0.2) is 9.97 Å². The van der Waals surface area contributed by atoms with Crippen LogP contribution in [0.1, 0.15) is 36.9 Å². The smallest absolute Gasteiger partial charge is 0.232 e. The molecule has 4 rings (SSSR count). The first kappa shape index (κ1) is 19.8. The maximum atomic E-state index is 12.5. The molecule has 7 heteroatoms. The number of amides is 1. The third-order valence-corrected chi connectivity index (χ3v) is 5.97. The average molecular weight is 411 g/mol. The average Bonchev–Trinajstić information content (AvgIpc) is 3.29. The van der Waals surface area contributed by atoms with Gasteiger partial charge in [-0.3, -0.25) is 9.69 Å². The van der Waals surface area contributed by atoms with Gasteiger partial charge < -0.3 is 9.73 Å². The number of likely N-dealkylation sites (tertiary alicyclic amines) is 1. The zero-order valence-corrected chi connectivity index (χ0v) is 17.7. The number of nitrogens with one attached hydrogen (secondary N) is 1. The standard InChI is InChI=1S/C22H26N4O2S/c1-15-7-6-10-26(12-15)13-18-14-29-22(23-18)25-20(27)11-19-16(2)28-21(24-19)17-8-4-3-5-9-17/h3-5,8-9,14-15H,6-7,10-13H2,1-2H3,(H,23,25,27). The van der Waals surface area contributed by atoms with E-state index in [0.29, 0.717) is 22.5 Å². The zero-order valence-electron chi connectivity index (χ0n) is 16.9. The van der Waals surface area contributed by atoms with Crippen molar-refractivity contribution in [2.24, 2.45) is 5.92 Å². The third-order valence-electron chi connectivity index (χ3n) is 5.17. The van der Waals surface area contributed by atoms with Crippen molar-refractivity contribution in [1.29, 1.82) is 0 Å². The second kappa shape index (κ2) is 8.88. The van der Waals surface area contributed by atoms with Crippen LogP contribution in [0.2, 0.25) is 0 Å². The Kier molecular flexibility index (Phi) is 6.06. The minimum Gasteiger partial charge on any atom is -0.441 e. The van der Waals surface area contributed by atoms with E-state index in [1.807, 2.05) is 42.6 Å². The van der Waals surface area contributed by atoms with Crippen molar-refractivity contribution in [3.05, 3.63) is 52.9 Å². The van der Waals surface area contributed by atoms with E-state index in [4.69, 9.17) is 4.42 Å². The van der Waals surface area contributed by atoms with Gasteiger partial charge in [0.1, 0.15) is 5.76 Å². The molecule has 1 aliphatic rings. The van der Waals surface area contributed by atoms with E-state index in [9.17, 15) is 4.79 Å². The number of anilines is 1. The molecule has 1 fully saturated rings. The van der Waals surface area contributed by atoms with E-state index in [0.717, 1.165) is 36.8 Å². The first-order chi connectivity index (χ1) is 14.1. The van der Waals surface area contributed by atoms with E-state index >= 15 is 0 Å². The summed E-state index contributed by atoms with van der Waals surface area (Å²) < 4.78 is 5.74. The molecule has 6 nitrogen and oxygen atoms in total. The SMILES string of the molecule is Cc1oc(-c2ccccc2)nc1CC(=O)Nc1nc(CN2CCCC(C)C2)cs1. The van der Waals surface area contributed by atoms with E-state index < -0.39 is 0 Å². The quantitative estimate of drug-likeness (QED) is 0.647. The number of thiazole rings is 1. The van der Waals surface area contributed by atoms with Crippen LogP contribution in [0.3, 0.4) is 0 Å². The van der Waals surface area contributed by atoms with E-state index in [-0.39, 0.29) is 12.3 Å². The normalized spacial score (nSPS) is 17.4. The van der Waals surface area contributed by atoms with Crippen molar-refractivity contribution < 1.29 is 9.21 Å². The summed E-state index contributed by atoms with van der Waals surface area (Å²) in [6.07, 6.45) is 2.72. The number of aromatic nitrogens is 2. The molecule has 29 heavy (non-hydrogen) atoms. The van der Waals surface area contributed by atoms with Crippen molar-refractivity contribution in [2.45, 2.75) is 39.7 Å². The molecule has 1 N–H and O–H groups in total. The van der Waals surface area contributed by atoms with Crippen molar-refractivity contribution in [2.75, 3.05) is 18.4 Å². The summed E-state index contributed by atoms with van der Waals surface area (Å²) in [5.41, 5.74) is 2.57. The molecular formula is C22H26N4O2S. The molecule has 1 aromatic carbocycles. The molecule has 1 aliphatic heterocycles. The fourth-order valence-corrected chi connectivity index (χ4v) is 4.43. The Morgan fingerprint density at radius 3 is 2.93 bits per heavy atom. The number of hydrogen-bond donors (Lipinski definition) is 1. The summed E-state index contributed by atoms with van der Waals surface area (Å²) >= 11 is 1.47. The predicted molar refractivity (Wildman–Crippen MR) is 115 cm³/mol. The Morgan fingerprint density at radius 2 is 2.14 bits per heavy atom. The Morgan fingerprint density at radius 1 is 1.31 bits per heavy atom. The second-order valence-electron chi connectivity index (χ2n) is 7.74. The maximum absolute atomic E-state index is 12.5. The van der Waals surface area contributed by atoms with E-state index in [1.54, 1.807) is 0 Å². The van der Waals surface area contributed by atoms with Gasteiger partial charge in [0.05, 0.1) is 17.8 Å². The molecule has 0 spiro atoms. The lowest BCUT2D eigenvalue weighted by Crippen LogP contribution is -2.33. The lowest BCUT2D eigenvalue weighted by Gasteiger charge is -2.30. The molecule has 3 heterocycles. The summed E-state index contributed by atoms with van der Waals surface area (Å²) in [6, 6.07) is 9.70. The number of hydrogen-bond acceptors (Lipinski definition) is 6. The molecule has 152 valence electrons. The lowest BCUT2D eigenvalue weighted by molar-refractivity contribution is -0.115. The van der Waals surface area contributed by atoms with Gasteiger partial charge in [-0.05, 0) is 44.4 Å². The van der Waals surface area contributed by atoms with Gasteiger partial charge >= 0.3 is 0 Å². The van der Waals surface area contributed by atoms with Crippen LogP contribution in [0, 0.1) is 12.8 Å². The fraction of sp³-hybridized carbons (Fsp3) is 0.409. The van der Waals surface area contributed by atoms with Crippen LogP contribution in [0.15, 0.2) is 40.1 Å². The molecule has 1 atom stereocenters. The molecule has 1 unspecified atom stereocenters. The van der Waals surface area contributed by atoms with Crippen molar-refractivity contribution >= 4 is 22.4 Å². The zero-order chi connectivity index (χ0) is 20.2. The van der Waals surface area contributed by atoms with Crippen LogP contribution in [0.25, 0.3) is 11.5 Å². The summed E-state index contributed by atoms with van der Waals surface area (Å²) in [5.74, 6) is 1.82. The monoisotopic (exact) mass is 410 g/mol. The highest BCUT2D eigenvalue weighted by atomic mass is 32.1. The molecular weight excluding hydrogens is 384 g/mol. The Balaban J connectivity index is 1.34. The molecule has 0 saturated carbocycles. The van der Waals surface area contributed by atoms with Crippen LogP contribution >= 0.6 is 11.3 Å². The molecule has 0 bridgehead atoms. The fourth-order valence-electron chi connectivity index (χ4n) is 3.71. The van der Waals surface area contributed by atoms with Crippen molar-refractivity contribution in [3.8, 4) is 11.5 Å². The minimum absolute atomic E-state index is 0.131. The van der Waals surface area contributed by atoms with Crippen LogP contribution in [-0.4, -0.2) is 33.9 Å². The van der Waals surface area contributed by atoms with Gasteiger partial charge in [0.15, 0.2) is 5.13 Å². The number of nitrogens with zero attached hydrogens (tertiary/aromatic N) is 3. The van der Waals surface area contributed by atoms with Gasteiger partial charge in [-0.1, -0.05) is 25.1 Å². The summed E-state index contributed by atoms with van der Waals surface area (Å²) in [5, 5.41) is 5.57. The van der Waals surface area contributed by atoms with Crippen molar-refractivity contribution in [3.63, 3.8) is 0 Å². The molecule has 2 aromatic heterocycles. The molecule has 0 radical (unpaired) electrons. The third kappa shape index (κ3) is 5.10. The largest absolute Gasteiger partial charge is 0.441 e. The van der Waals surface area contributed by atoms with Gasteiger partial charge in [0.25, 0.3) is 0 Å². The number of benzene rings is 1.